The largest absolute Gasteiger partial charge is 0.462 e. The van der Waals surface area contributed by atoms with E-state index < -0.39 is 16.0 Å². The molecule has 21 heavy (non-hydrogen) atoms. The van der Waals surface area contributed by atoms with Gasteiger partial charge >= 0.3 is 5.97 Å². The van der Waals surface area contributed by atoms with Crippen LogP contribution in [0.4, 0.5) is 5.82 Å². The summed E-state index contributed by atoms with van der Waals surface area (Å²) in [7, 11) is -3.86. The summed E-state index contributed by atoms with van der Waals surface area (Å²) in [5.41, 5.74) is 0.00869. The van der Waals surface area contributed by atoms with Crippen LogP contribution < -0.4 is 4.72 Å². The summed E-state index contributed by atoms with van der Waals surface area (Å²) in [5, 5.41) is 6.48. The number of esters is 1. The highest BCUT2D eigenvalue weighted by atomic mass is 35.5. The molecule has 9 heteroatoms. The summed E-state index contributed by atoms with van der Waals surface area (Å²) >= 11 is 5.71. The van der Waals surface area contributed by atoms with Crippen LogP contribution in [0.25, 0.3) is 0 Å². The van der Waals surface area contributed by atoms with Crippen molar-refractivity contribution in [3.63, 3.8) is 0 Å². The molecule has 0 aliphatic rings. The van der Waals surface area contributed by atoms with Crippen LogP contribution in [-0.2, 0) is 14.8 Å². The van der Waals surface area contributed by atoms with Crippen molar-refractivity contribution in [2.45, 2.75) is 11.8 Å². The van der Waals surface area contributed by atoms with Gasteiger partial charge in [0, 0.05) is 5.02 Å². The Balaban J connectivity index is 2.27. The van der Waals surface area contributed by atoms with Gasteiger partial charge in [0.15, 0.2) is 0 Å². The lowest BCUT2D eigenvalue weighted by molar-refractivity contribution is 0.0527. The van der Waals surface area contributed by atoms with E-state index in [4.69, 9.17) is 16.3 Å². The van der Waals surface area contributed by atoms with Crippen LogP contribution in [0.15, 0.2) is 35.4 Å². The average Bonchev–Trinajstić information content (AvgIpc) is 2.87. The van der Waals surface area contributed by atoms with E-state index in [-0.39, 0.29) is 22.9 Å². The Kier molecular flexibility index (Phi) is 4.49. The number of hydrogen-bond donors (Lipinski definition) is 2. The van der Waals surface area contributed by atoms with Crippen molar-refractivity contribution in [1.29, 1.82) is 0 Å². The van der Waals surface area contributed by atoms with Crippen molar-refractivity contribution in [3.8, 4) is 0 Å². The molecule has 2 N–H and O–H groups in total. The standard InChI is InChI=1S/C12H12ClN3O4S/c1-2-20-12(17)10-7-14-15-11(10)16-21(18,19)9-5-3-8(13)4-6-9/h3-7H,2H2,1H3,(H2,14,15,16). The monoisotopic (exact) mass is 329 g/mol. The van der Waals surface area contributed by atoms with E-state index in [1.807, 2.05) is 0 Å². The Hall–Kier alpha value is -2.06. The highest BCUT2D eigenvalue weighted by Crippen LogP contribution is 2.19. The molecule has 0 spiro atoms. The number of carbonyl (C=O) groups is 1. The van der Waals surface area contributed by atoms with E-state index in [2.05, 4.69) is 14.9 Å². The molecule has 0 aliphatic carbocycles. The Bertz CT molecular complexity index is 740. The molecule has 0 saturated heterocycles. The summed E-state index contributed by atoms with van der Waals surface area (Å²) in [6.07, 6.45) is 1.19. The van der Waals surface area contributed by atoms with Gasteiger partial charge in [0.2, 0.25) is 0 Å². The van der Waals surface area contributed by atoms with Crippen LogP contribution in [0.1, 0.15) is 17.3 Å². The minimum atomic E-state index is -3.86. The molecule has 1 aromatic carbocycles. The predicted octanol–water partition coefficient (Wildman–Crippen LogP) is 2.04. The lowest BCUT2D eigenvalue weighted by Crippen LogP contribution is -2.16. The Morgan fingerprint density at radius 2 is 2.05 bits per heavy atom. The maximum atomic E-state index is 12.2. The topological polar surface area (TPSA) is 101 Å². The number of ether oxygens (including phenoxy) is 1. The number of sulfonamides is 1. The second-order valence-electron chi connectivity index (χ2n) is 3.94. The summed E-state index contributed by atoms with van der Waals surface area (Å²) in [5.74, 6) is -0.719. The first kappa shape index (κ1) is 15.3. The zero-order chi connectivity index (χ0) is 15.5. The lowest BCUT2D eigenvalue weighted by Gasteiger charge is -2.08. The highest BCUT2D eigenvalue weighted by molar-refractivity contribution is 7.92. The SMILES string of the molecule is CCOC(=O)c1cn[nH]c1NS(=O)(=O)c1ccc(Cl)cc1. The molecule has 2 aromatic rings. The van der Waals surface area contributed by atoms with Crippen molar-refractivity contribution in [3.05, 3.63) is 41.0 Å². The molecule has 0 amide bonds. The maximum Gasteiger partial charge on any atom is 0.343 e. The van der Waals surface area contributed by atoms with E-state index >= 15 is 0 Å². The highest BCUT2D eigenvalue weighted by Gasteiger charge is 2.21. The first-order valence-corrected chi connectivity index (χ1v) is 7.79. The Labute approximate surface area is 126 Å². The van der Waals surface area contributed by atoms with Gasteiger partial charge in [-0.2, -0.15) is 5.10 Å². The molecule has 0 radical (unpaired) electrons. The van der Waals surface area contributed by atoms with Crippen molar-refractivity contribution in [2.24, 2.45) is 0 Å². The summed E-state index contributed by atoms with van der Waals surface area (Å²) < 4.78 is 31.4. The van der Waals surface area contributed by atoms with Crippen LogP contribution >= 0.6 is 11.6 Å². The summed E-state index contributed by atoms with van der Waals surface area (Å²) in [6, 6.07) is 5.61. The smallest absolute Gasteiger partial charge is 0.343 e. The van der Waals surface area contributed by atoms with E-state index in [0.29, 0.717) is 5.02 Å². The Morgan fingerprint density at radius 1 is 1.38 bits per heavy atom. The number of aromatic nitrogens is 2. The van der Waals surface area contributed by atoms with Crippen LogP contribution in [0.2, 0.25) is 5.02 Å². The molecule has 7 nitrogen and oxygen atoms in total. The first-order valence-electron chi connectivity index (χ1n) is 5.93. The first-order chi connectivity index (χ1) is 9.94. The van der Waals surface area contributed by atoms with Crippen molar-refractivity contribution >= 4 is 33.4 Å². The number of nitrogens with zero attached hydrogens (tertiary/aromatic N) is 1. The number of aromatic amines is 1. The summed E-state index contributed by atoms with van der Waals surface area (Å²) in [6.45, 7) is 1.82. The average molecular weight is 330 g/mol. The van der Waals surface area contributed by atoms with E-state index in [1.165, 1.54) is 30.5 Å². The number of anilines is 1. The van der Waals surface area contributed by atoms with Gasteiger partial charge in [0.1, 0.15) is 11.4 Å². The number of halogens is 1. The van der Waals surface area contributed by atoms with Gasteiger partial charge in [-0.15, -0.1) is 0 Å². The zero-order valence-electron chi connectivity index (χ0n) is 11.0. The number of H-pyrrole nitrogens is 1. The molecule has 1 aromatic heterocycles. The normalized spacial score (nSPS) is 11.1. The number of nitrogens with one attached hydrogen (secondary N) is 2. The van der Waals surface area contributed by atoms with Crippen molar-refractivity contribution < 1.29 is 17.9 Å². The van der Waals surface area contributed by atoms with Crippen molar-refractivity contribution in [2.75, 3.05) is 11.3 Å². The fraction of sp³-hybridized carbons (Fsp3) is 0.167. The van der Waals surface area contributed by atoms with Gasteiger partial charge in [0.05, 0.1) is 17.7 Å². The second kappa shape index (κ2) is 6.15. The number of carbonyl (C=O) groups excluding carboxylic acids is 1. The molecule has 0 saturated carbocycles. The van der Waals surface area contributed by atoms with Gasteiger partial charge in [-0.1, -0.05) is 11.6 Å². The number of rotatable bonds is 5. The molecule has 0 bridgehead atoms. The van der Waals surface area contributed by atoms with Crippen LogP contribution in [0.5, 0.6) is 0 Å². The van der Waals surface area contributed by atoms with E-state index in [0.717, 1.165) is 0 Å². The van der Waals surface area contributed by atoms with Crippen molar-refractivity contribution in [1.82, 2.24) is 10.2 Å². The fourth-order valence-electron chi connectivity index (χ4n) is 1.53. The van der Waals surface area contributed by atoms with Gasteiger partial charge in [0.25, 0.3) is 10.0 Å². The molecule has 0 fully saturated rings. The quantitative estimate of drug-likeness (QED) is 0.817. The molecule has 0 unspecified atom stereocenters. The van der Waals surface area contributed by atoms with Gasteiger partial charge in [-0.3, -0.25) is 9.82 Å². The second-order valence-corrected chi connectivity index (χ2v) is 6.06. The minimum absolute atomic E-state index is 0.00869. The molecule has 0 atom stereocenters. The molecular weight excluding hydrogens is 318 g/mol. The maximum absolute atomic E-state index is 12.2. The van der Waals surface area contributed by atoms with Crippen LogP contribution in [0, 0.1) is 0 Å². The van der Waals surface area contributed by atoms with E-state index in [1.54, 1.807) is 6.92 Å². The third kappa shape index (κ3) is 3.53. The zero-order valence-corrected chi connectivity index (χ0v) is 12.5. The molecule has 1 heterocycles. The minimum Gasteiger partial charge on any atom is -0.462 e. The van der Waals surface area contributed by atoms with Gasteiger partial charge in [-0.25, -0.2) is 13.2 Å². The Morgan fingerprint density at radius 3 is 2.67 bits per heavy atom. The molecule has 2 rings (SSSR count). The molecular formula is C12H12ClN3O4S. The number of hydrogen-bond acceptors (Lipinski definition) is 5. The van der Waals surface area contributed by atoms with Gasteiger partial charge < -0.3 is 4.74 Å². The van der Waals surface area contributed by atoms with Gasteiger partial charge in [-0.05, 0) is 31.2 Å². The third-order valence-electron chi connectivity index (χ3n) is 2.50. The summed E-state index contributed by atoms with van der Waals surface area (Å²) in [4.78, 5) is 11.7. The number of benzene rings is 1. The predicted molar refractivity (Wildman–Crippen MR) is 76.8 cm³/mol. The molecule has 112 valence electrons. The third-order valence-corrected chi connectivity index (χ3v) is 4.11. The van der Waals surface area contributed by atoms with E-state index in [9.17, 15) is 13.2 Å². The van der Waals surface area contributed by atoms with Crippen LogP contribution in [0.3, 0.4) is 0 Å². The molecule has 0 aliphatic heterocycles. The fourth-order valence-corrected chi connectivity index (χ4v) is 2.70. The lowest BCUT2D eigenvalue weighted by atomic mass is 10.3. The van der Waals surface area contributed by atoms with Crippen LogP contribution in [-0.4, -0.2) is 31.2 Å².